The number of aromatic amines is 1. The molecular formula is C17H16N2O5S. The largest absolute Gasteiger partial charge is 0.490 e. The first kappa shape index (κ1) is 17.0. The monoisotopic (exact) mass is 360 g/mol. The molecule has 0 radical (unpaired) electrons. The molecule has 0 saturated carbocycles. The molecule has 1 aromatic heterocycles. The molecule has 3 N–H and O–H groups in total. The number of ether oxygens (including phenoxy) is 2. The number of hydrogen-bond acceptors (Lipinski definition) is 5. The maximum atomic E-state index is 12.0. The van der Waals surface area contributed by atoms with E-state index in [1.807, 2.05) is 24.3 Å². The van der Waals surface area contributed by atoms with Gasteiger partial charge in [-0.15, -0.1) is 0 Å². The summed E-state index contributed by atoms with van der Waals surface area (Å²) in [7, 11) is -3.73. The molecule has 0 unspecified atom stereocenters. The maximum Gasteiger partial charge on any atom is 0.354 e. The number of H-pyrrole nitrogens is 1. The van der Waals surface area contributed by atoms with Crippen molar-refractivity contribution >= 4 is 26.9 Å². The van der Waals surface area contributed by atoms with E-state index in [9.17, 15) is 13.2 Å². The summed E-state index contributed by atoms with van der Waals surface area (Å²) in [6, 6.07) is 14.9. The third-order valence-electron chi connectivity index (χ3n) is 3.49. The second-order valence-corrected chi connectivity index (χ2v) is 6.83. The number of benzene rings is 2. The Hall–Kier alpha value is -2.84. The number of rotatable bonds is 6. The summed E-state index contributed by atoms with van der Waals surface area (Å²) >= 11 is 0. The van der Waals surface area contributed by atoms with E-state index in [2.05, 4.69) is 4.98 Å². The second kappa shape index (κ2) is 6.96. The van der Waals surface area contributed by atoms with Gasteiger partial charge in [0.2, 0.25) is 10.0 Å². The fraction of sp³-hybridized carbons (Fsp3) is 0.118. The van der Waals surface area contributed by atoms with Crippen LogP contribution in [0.3, 0.4) is 0 Å². The molecule has 0 amide bonds. The Morgan fingerprint density at radius 2 is 1.76 bits per heavy atom. The summed E-state index contributed by atoms with van der Waals surface area (Å²) in [4.78, 5) is 15.0. The number of fused-ring (bicyclic) bond motifs is 1. The lowest BCUT2D eigenvalue weighted by Crippen LogP contribution is -2.13. The molecule has 130 valence electrons. The summed E-state index contributed by atoms with van der Waals surface area (Å²) in [6.07, 6.45) is 0. The summed E-state index contributed by atoms with van der Waals surface area (Å²) in [5, 5.41) is 5.95. The maximum absolute atomic E-state index is 12.0. The number of para-hydroxylation sites is 1. The Morgan fingerprint density at radius 1 is 1.04 bits per heavy atom. The molecule has 0 bridgehead atoms. The van der Waals surface area contributed by atoms with Gasteiger partial charge in [-0.3, -0.25) is 0 Å². The van der Waals surface area contributed by atoms with E-state index in [1.165, 1.54) is 24.3 Å². The molecule has 3 rings (SSSR count). The minimum atomic E-state index is -3.73. The van der Waals surface area contributed by atoms with Crippen molar-refractivity contribution in [1.82, 2.24) is 4.98 Å². The number of carbonyl (C=O) groups is 1. The van der Waals surface area contributed by atoms with E-state index in [0.717, 1.165) is 10.9 Å². The third kappa shape index (κ3) is 4.17. The molecule has 8 heteroatoms. The van der Waals surface area contributed by atoms with Crippen molar-refractivity contribution in [2.75, 3.05) is 13.2 Å². The molecule has 0 fully saturated rings. The first-order valence-corrected chi connectivity index (χ1v) is 8.99. The highest BCUT2D eigenvalue weighted by Gasteiger charge is 2.11. The number of nitrogens with two attached hydrogens (primary N) is 1. The average molecular weight is 360 g/mol. The summed E-state index contributed by atoms with van der Waals surface area (Å²) in [6.45, 7) is 0.200. The van der Waals surface area contributed by atoms with Gasteiger partial charge in [-0.05, 0) is 36.4 Å². The van der Waals surface area contributed by atoms with Crippen molar-refractivity contribution in [3.05, 3.63) is 60.3 Å². The van der Waals surface area contributed by atoms with Gasteiger partial charge in [-0.2, -0.15) is 0 Å². The Balaban J connectivity index is 1.50. The van der Waals surface area contributed by atoms with Gasteiger partial charge in [0.15, 0.2) is 0 Å². The predicted molar refractivity (Wildman–Crippen MR) is 91.9 cm³/mol. The highest BCUT2D eigenvalue weighted by atomic mass is 32.2. The van der Waals surface area contributed by atoms with Crippen molar-refractivity contribution in [2.45, 2.75) is 4.90 Å². The lowest BCUT2D eigenvalue weighted by atomic mass is 10.2. The fourth-order valence-electron chi connectivity index (χ4n) is 2.28. The number of carbonyl (C=O) groups excluding carboxylic acids is 1. The van der Waals surface area contributed by atoms with Crippen LogP contribution in [0.2, 0.25) is 0 Å². The summed E-state index contributed by atoms with van der Waals surface area (Å²) in [5.74, 6) is -0.0153. The molecule has 0 aliphatic heterocycles. The number of esters is 1. The molecule has 3 aromatic rings. The van der Waals surface area contributed by atoms with E-state index in [4.69, 9.17) is 14.6 Å². The van der Waals surface area contributed by atoms with E-state index >= 15 is 0 Å². The first-order valence-electron chi connectivity index (χ1n) is 7.44. The molecule has 0 aliphatic carbocycles. The fourth-order valence-corrected chi connectivity index (χ4v) is 2.80. The van der Waals surface area contributed by atoms with Crippen LogP contribution in [0.4, 0.5) is 0 Å². The van der Waals surface area contributed by atoms with Crippen LogP contribution in [0, 0.1) is 0 Å². The number of sulfonamides is 1. The van der Waals surface area contributed by atoms with Crippen LogP contribution in [0.1, 0.15) is 10.5 Å². The van der Waals surface area contributed by atoms with E-state index in [-0.39, 0.29) is 18.1 Å². The first-order chi connectivity index (χ1) is 11.9. The van der Waals surface area contributed by atoms with E-state index < -0.39 is 16.0 Å². The van der Waals surface area contributed by atoms with Crippen LogP contribution >= 0.6 is 0 Å². The SMILES string of the molecule is NS(=O)(=O)c1ccc(OCCOC(=O)c2cc3ccccc3[nH]2)cc1. The third-order valence-corrected chi connectivity index (χ3v) is 4.42. The van der Waals surface area contributed by atoms with Gasteiger partial charge in [0.1, 0.15) is 24.7 Å². The molecule has 2 aromatic carbocycles. The second-order valence-electron chi connectivity index (χ2n) is 5.27. The van der Waals surface area contributed by atoms with Gasteiger partial charge in [0, 0.05) is 10.9 Å². The number of nitrogens with one attached hydrogen (secondary N) is 1. The zero-order valence-corrected chi connectivity index (χ0v) is 14.0. The normalized spacial score (nSPS) is 11.4. The molecule has 25 heavy (non-hydrogen) atoms. The highest BCUT2D eigenvalue weighted by Crippen LogP contribution is 2.16. The molecule has 0 saturated heterocycles. The lowest BCUT2D eigenvalue weighted by Gasteiger charge is -2.07. The lowest BCUT2D eigenvalue weighted by molar-refractivity contribution is 0.0444. The van der Waals surface area contributed by atoms with Crippen LogP contribution in [-0.2, 0) is 14.8 Å². The summed E-state index contributed by atoms with van der Waals surface area (Å²) in [5.41, 5.74) is 1.24. The average Bonchev–Trinajstić information content (AvgIpc) is 3.02. The minimum Gasteiger partial charge on any atom is -0.490 e. The van der Waals surface area contributed by atoms with Gasteiger partial charge < -0.3 is 14.5 Å². The van der Waals surface area contributed by atoms with Crippen LogP contribution in [-0.4, -0.2) is 32.6 Å². The van der Waals surface area contributed by atoms with Crippen LogP contribution in [0.5, 0.6) is 5.75 Å². The molecule has 0 spiro atoms. The van der Waals surface area contributed by atoms with Crippen molar-refractivity contribution in [3.63, 3.8) is 0 Å². The zero-order chi connectivity index (χ0) is 17.9. The summed E-state index contributed by atoms with van der Waals surface area (Å²) < 4.78 is 32.9. The van der Waals surface area contributed by atoms with E-state index in [0.29, 0.717) is 11.4 Å². The standard InChI is InChI=1S/C17H16N2O5S/c18-25(21,22)14-7-5-13(6-8-14)23-9-10-24-17(20)16-11-12-3-1-2-4-15(12)19-16/h1-8,11,19H,9-10H2,(H2,18,21,22). The van der Waals surface area contributed by atoms with E-state index in [1.54, 1.807) is 6.07 Å². The Bertz CT molecular complexity index is 960. The smallest absolute Gasteiger partial charge is 0.354 e. The highest BCUT2D eigenvalue weighted by molar-refractivity contribution is 7.89. The van der Waals surface area contributed by atoms with Crippen molar-refractivity contribution < 1.29 is 22.7 Å². The van der Waals surface area contributed by atoms with Gasteiger partial charge >= 0.3 is 5.97 Å². The number of primary sulfonamides is 1. The van der Waals surface area contributed by atoms with Gasteiger partial charge in [0.05, 0.1) is 4.90 Å². The predicted octanol–water partition coefficient (Wildman–Crippen LogP) is 2.05. The van der Waals surface area contributed by atoms with Crippen LogP contribution in [0.25, 0.3) is 10.9 Å². The van der Waals surface area contributed by atoms with Crippen LogP contribution in [0.15, 0.2) is 59.5 Å². The number of hydrogen-bond donors (Lipinski definition) is 2. The quantitative estimate of drug-likeness (QED) is 0.516. The van der Waals surface area contributed by atoms with Gasteiger partial charge in [-0.1, -0.05) is 18.2 Å². The Morgan fingerprint density at radius 3 is 2.44 bits per heavy atom. The topological polar surface area (TPSA) is 111 Å². The van der Waals surface area contributed by atoms with Crippen LogP contribution < -0.4 is 9.88 Å². The van der Waals surface area contributed by atoms with Gasteiger partial charge in [-0.25, -0.2) is 18.4 Å². The van der Waals surface area contributed by atoms with Crippen molar-refractivity contribution in [2.24, 2.45) is 5.14 Å². The molecular weight excluding hydrogens is 344 g/mol. The number of aromatic nitrogens is 1. The molecule has 1 heterocycles. The van der Waals surface area contributed by atoms with Crippen molar-refractivity contribution in [1.29, 1.82) is 0 Å². The molecule has 0 atom stereocenters. The molecule has 7 nitrogen and oxygen atoms in total. The Labute approximate surface area is 144 Å². The minimum absolute atomic E-state index is 0.00471. The Kier molecular flexibility index (Phi) is 4.73. The van der Waals surface area contributed by atoms with Gasteiger partial charge in [0.25, 0.3) is 0 Å². The van der Waals surface area contributed by atoms with Crippen molar-refractivity contribution in [3.8, 4) is 5.75 Å². The molecule has 0 aliphatic rings. The zero-order valence-electron chi connectivity index (χ0n) is 13.1.